The highest BCUT2D eigenvalue weighted by molar-refractivity contribution is 6.29. The van der Waals surface area contributed by atoms with Gasteiger partial charge < -0.3 is 0 Å². The SMILES string of the molecule is CN[N+]1(c2ccc(Cl)nc2)CCCC1. The number of nitrogens with zero attached hydrogens (tertiary/aromatic N) is 2. The summed E-state index contributed by atoms with van der Waals surface area (Å²) in [7, 11) is 2.00. The average Bonchev–Trinajstić information content (AvgIpc) is 2.68. The van der Waals surface area contributed by atoms with Crippen molar-refractivity contribution in [1.82, 2.24) is 15.0 Å². The van der Waals surface area contributed by atoms with Crippen molar-refractivity contribution in [3.8, 4) is 0 Å². The highest BCUT2D eigenvalue weighted by atomic mass is 35.5. The van der Waals surface area contributed by atoms with Crippen molar-refractivity contribution in [3.63, 3.8) is 0 Å². The summed E-state index contributed by atoms with van der Waals surface area (Å²) in [5.41, 5.74) is 4.57. The molecule has 0 amide bonds. The van der Waals surface area contributed by atoms with Crippen molar-refractivity contribution >= 4 is 17.3 Å². The summed E-state index contributed by atoms with van der Waals surface area (Å²) < 4.78 is 0.837. The van der Waals surface area contributed by atoms with Gasteiger partial charge in [-0.1, -0.05) is 11.6 Å². The van der Waals surface area contributed by atoms with E-state index < -0.39 is 0 Å². The molecule has 1 aromatic rings. The Morgan fingerprint density at radius 1 is 1.36 bits per heavy atom. The third kappa shape index (κ3) is 1.63. The number of aromatic nitrogens is 1. The van der Waals surface area contributed by atoms with Crippen molar-refractivity contribution in [2.24, 2.45) is 0 Å². The summed E-state index contributed by atoms with van der Waals surface area (Å²) in [6.07, 6.45) is 4.40. The largest absolute Gasteiger partial charge is 0.238 e. The molecule has 1 aliphatic rings. The molecule has 0 saturated carbocycles. The van der Waals surface area contributed by atoms with Crippen molar-refractivity contribution in [3.05, 3.63) is 23.5 Å². The molecule has 1 fully saturated rings. The van der Waals surface area contributed by atoms with E-state index >= 15 is 0 Å². The van der Waals surface area contributed by atoms with Crippen molar-refractivity contribution in [2.75, 3.05) is 20.1 Å². The summed E-state index contributed by atoms with van der Waals surface area (Å²) in [6.45, 7) is 2.28. The first-order valence-corrected chi connectivity index (χ1v) is 5.33. The first-order chi connectivity index (χ1) is 6.77. The predicted molar refractivity (Wildman–Crippen MR) is 59.1 cm³/mol. The van der Waals surface area contributed by atoms with E-state index in [0.29, 0.717) is 5.15 Å². The second kappa shape index (κ2) is 3.85. The van der Waals surface area contributed by atoms with Crippen molar-refractivity contribution < 1.29 is 0 Å². The molecule has 76 valence electrons. The topological polar surface area (TPSA) is 24.9 Å². The number of halogens is 1. The Labute approximate surface area is 89.3 Å². The van der Waals surface area contributed by atoms with Crippen LogP contribution in [0.2, 0.25) is 5.15 Å². The van der Waals surface area contributed by atoms with Crippen LogP contribution >= 0.6 is 11.6 Å². The molecule has 0 unspecified atom stereocenters. The predicted octanol–water partition coefficient (Wildman–Crippen LogP) is 1.97. The number of nitrogens with one attached hydrogen (secondary N) is 1. The van der Waals surface area contributed by atoms with E-state index in [1.165, 1.54) is 18.5 Å². The molecular weight excluding hydrogens is 198 g/mol. The lowest BCUT2D eigenvalue weighted by Crippen LogP contribution is -2.55. The molecule has 1 aliphatic heterocycles. The van der Waals surface area contributed by atoms with Crippen LogP contribution in [0.5, 0.6) is 0 Å². The second-order valence-corrected chi connectivity index (χ2v) is 4.07. The molecule has 0 aromatic carbocycles. The molecule has 0 atom stereocenters. The van der Waals surface area contributed by atoms with Crippen LogP contribution in [0.4, 0.5) is 5.69 Å². The number of hydrogen-bond acceptors (Lipinski definition) is 2. The van der Waals surface area contributed by atoms with Gasteiger partial charge in [-0.25, -0.2) is 9.58 Å². The quantitative estimate of drug-likeness (QED) is 0.599. The van der Waals surface area contributed by atoms with Crippen LogP contribution in [0.25, 0.3) is 0 Å². The molecule has 0 spiro atoms. The van der Waals surface area contributed by atoms with Crippen LogP contribution < -0.4 is 10.0 Å². The number of rotatable bonds is 2. The Kier molecular flexibility index (Phi) is 2.72. The number of pyridine rings is 1. The van der Waals surface area contributed by atoms with E-state index in [2.05, 4.69) is 16.5 Å². The van der Waals surface area contributed by atoms with E-state index in [9.17, 15) is 0 Å². The fourth-order valence-electron chi connectivity index (χ4n) is 2.11. The van der Waals surface area contributed by atoms with Crippen molar-refractivity contribution in [2.45, 2.75) is 12.8 Å². The lowest BCUT2D eigenvalue weighted by molar-refractivity contribution is 0.259. The second-order valence-electron chi connectivity index (χ2n) is 3.68. The van der Waals surface area contributed by atoms with Crippen LogP contribution in [0.3, 0.4) is 0 Å². The van der Waals surface area contributed by atoms with E-state index in [0.717, 1.165) is 17.7 Å². The minimum Gasteiger partial charge on any atom is -0.238 e. The first-order valence-electron chi connectivity index (χ1n) is 4.95. The third-order valence-electron chi connectivity index (χ3n) is 2.96. The average molecular weight is 213 g/mol. The van der Waals surface area contributed by atoms with Gasteiger partial charge in [0.15, 0.2) is 5.69 Å². The van der Waals surface area contributed by atoms with E-state index in [4.69, 9.17) is 11.6 Å². The highest BCUT2D eigenvalue weighted by Crippen LogP contribution is 2.26. The zero-order valence-corrected chi connectivity index (χ0v) is 9.09. The van der Waals surface area contributed by atoms with Gasteiger partial charge in [-0.3, -0.25) is 0 Å². The zero-order chi connectivity index (χ0) is 10.0. The molecule has 0 aliphatic carbocycles. The molecule has 1 aromatic heterocycles. The summed E-state index contributed by atoms with van der Waals surface area (Å²) in [5.74, 6) is 0. The van der Waals surface area contributed by atoms with Gasteiger partial charge in [0, 0.05) is 26.0 Å². The molecule has 0 bridgehead atoms. The van der Waals surface area contributed by atoms with Gasteiger partial charge in [-0.05, 0) is 6.07 Å². The van der Waals surface area contributed by atoms with Gasteiger partial charge in [0.25, 0.3) is 0 Å². The molecule has 0 radical (unpaired) electrons. The van der Waals surface area contributed by atoms with Gasteiger partial charge in [-0.15, -0.1) is 0 Å². The maximum Gasteiger partial charge on any atom is 0.170 e. The maximum absolute atomic E-state index is 5.77. The Balaban J connectivity index is 2.31. The Morgan fingerprint density at radius 2 is 2.07 bits per heavy atom. The molecule has 1 N–H and O–H groups in total. The van der Waals surface area contributed by atoms with Gasteiger partial charge >= 0.3 is 0 Å². The highest BCUT2D eigenvalue weighted by Gasteiger charge is 2.33. The van der Waals surface area contributed by atoms with E-state index in [1.54, 1.807) is 0 Å². The standard InChI is InChI=1S/C10H15ClN3/c1-12-14(6-2-3-7-14)9-4-5-10(11)13-8-9/h4-5,8,12H,2-3,6-7H2,1H3/q+1. The van der Waals surface area contributed by atoms with Gasteiger partial charge in [0.1, 0.15) is 18.2 Å². The summed E-state index contributed by atoms with van der Waals surface area (Å²) in [4.78, 5) is 4.13. The van der Waals surface area contributed by atoms with Crippen LogP contribution in [0.1, 0.15) is 12.8 Å². The Morgan fingerprint density at radius 3 is 2.57 bits per heavy atom. The third-order valence-corrected chi connectivity index (χ3v) is 3.19. The summed E-state index contributed by atoms with van der Waals surface area (Å²) >= 11 is 5.77. The lowest BCUT2D eigenvalue weighted by atomic mass is 10.3. The summed E-state index contributed by atoms with van der Waals surface area (Å²) in [5, 5.41) is 0.558. The number of quaternary nitrogens is 1. The molecular formula is C10H15ClN3+. The van der Waals surface area contributed by atoms with Crippen LogP contribution in [-0.4, -0.2) is 25.1 Å². The normalized spacial score (nSPS) is 19.9. The fraction of sp³-hybridized carbons (Fsp3) is 0.500. The smallest absolute Gasteiger partial charge is 0.170 e. The minimum absolute atomic E-state index is 0.558. The maximum atomic E-state index is 5.77. The zero-order valence-electron chi connectivity index (χ0n) is 8.33. The van der Waals surface area contributed by atoms with E-state index in [1.807, 2.05) is 19.3 Å². The van der Waals surface area contributed by atoms with Crippen LogP contribution in [-0.2, 0) is 0 Å². The Hall–Kier alpha value is -0.640. The molecule has 3 nitrogen and oxygen atoms in total. The number of hydrogen-bond donors (Lipinski definition) is 1. The van der Waals surface area contributed by atoms with E-state index in [-0.39, 0.29) is 0 Å². The summed E-state index contributed by atoms with van der Waals surface area (Å²) in [6, 6.07) is 3.91. The molecule has 2 rings (SSSR count). The molecule has 4 heteroatoms. The van der Waals surface area contributed by atoms with Crippen molar-refractivity contribution in [1.29, 1.82) is 0 Å². The van der Waals surface area contributed by atoms with Crippen LogP contribution in [0.15, 0.2) is 18.3 Å². The monoisotopic (exact) mass is 212 g/mol. The lowest BCUT2D eigenvalue weighted by Gasteiger charge is -2.31. The van der Waals surface area contributed by atoms with Gasteiger partial charge in [0.05, 0.1) is 6.20 Å². The van der Waals surface area contributed by atoms with Gasteiger partial charge in [-0.2, -0.15) is 5.43 Å². The minimum atomic E-state index is 0.558. The molecule has 2 heterocycles. The van der Waals surface area contributed by atoms with Gasteiger partial charge in [0.2, 0.25) is 0 Å². The molecule has 14 heavy (non-hydrogen) atoms. The first kappa shape index (κ1) is 9.90. The fourth-order valence-corrected chi connectivity index (χ4v) is 2.22. The van der Waals surface area contributed by atoms with Crippen LogP contribution in [0, 0.1) is 0 Å². The Bertz CT molecular complexity index is 304. The molecule has 1 saturated heterocycles.